The average molecular weight is 467 g/mol. The zero-order chi connectivity index (χ0) is 24.4. The first-order valence-corrected chi connectivity index (χ1v) is 11.0. The molecule has 0 bridgehead atoms. The summed E-state index contributed by atoms with van der Waals surface area (Å²) in [6.07, 6.45) is 1.81. The predicted molar refractivity (Wildman–Crippen MR) is 122 cm³/mol. The fourth-order valence-electron chi connectivity index (χ4n) is 4.22. The van der Waals surface area contributed by atoms with Crippen LogP contribution in [0, 0.1) is 5.82 Å². The van der Waals surface area contributed by atoms with Crippen LogP contribution in [-0.4, -0.2) is 53.4 Å². The second kappa shape index (κ2) is 9.54. The molecular weight excluding hydrogens is 441 g/mol. The molecule has 1 aliphatic heterocycles. The Morgan fingerprint density at radius 2 is 1.94 bits per heavy atom. The van der Waals surface area contributed by atoms with Crippen molar-refractivity contribution in [1.82, 2.24) is 14.4 Å². The summed E-state index contributed by atoms with van der Waals surface area (Å²) in [6.45, 7) is 2.56. The summed E-state index contributed by atoms with van der Waals surface area (Å²) >= 11 is 0. The number of carbonyl (C=O) groups is 2. The van der Waals surface area contributed by atoms with Crippen LogP contribution in [0.15, 0.2) is 57.9 Å². The van der Waals surface area contributed by atoms with E-state index in [4.69, 9.17) is 9.15 Å². The molecule has 0 saturated heterocycles. The summed E-state index contributed by atoms with van der Waals surface area (Å²) < 4.78 is 26.0. The Morgan fingerprint density at radius 3 is 2.62 bits per heavy atom. The van der Waals surface area contributed by atoms with Crippen molar-refractivity contribution in [3.8, 4) is 5.75 Å². The SMILES string of the molecule is COc1cc(=O)n2c(c1C(=O)N(C)C(C)c1ccco1)CCN(C(=O)c1cccc(F)c1)CC2. The minimum absolute atomic E-state index is 0.185. The van der Waals surface area contributed by atoms with Gasteiger partial charge >= 0.3 is 0 Å². The van der Waals surface area contributed by atoms with Crippen molar-refractivity contribution in [3.05, 3.63) is 87.5 Å². The van der Waals surface area contributed by atoms with E-state index in [1.54, 1.807) is 36.4 Å². The zero-order valence-electron chi connectivity index (χ0n) is 19.3. The summed E-state index contributed by atoms with van der Waals surface area (Å²) in [5.74, 6) is -0.338. The molecule has 3 heterocycles. The molecule has 3 aromatic rings. The highest BCUT2D eigenvalue weighted by molar-refractivity contribution is 5.98. The molecule has 4 rings (SSSR count). The minimum Gasteiger partial charge on any atom is -0.496 e. The monoisotopic (exact) mass is 467 g/mol. The van der Waals surface area contributed by atoms with E-state index in [0.717, 1.165) is 0 Å². The third-order valence-corrected chi connectivity index (χ3v) is 6.24. The lowest BCUT2D eigenvalue weighted by atomic mass is 10.1. The van der Waals surface area contributed by atoms with Gasteiger partial charge in [-0.25, -0.2) is 4.39 Å². The summed E-state index contributed by atoms with van der Waals surface area (Å²) in [7, 11) is 3.07. The molecule has 0 fully saturated rings. The van der Waals surface area contributed by atoms with Crippen LogP contribution in [0.25, 0.3) is 0 Å². The second-order valence-corrected chi connectivity index (χ2v) is 8.18. The molecule has 0 spiro atoms. The van der Waals surface area contributed by atoms with Crippen molar-refractivity contribution in [2.45, 2.75) is 25.9 Å². The Labute approximate surface area is 196 Å². The molecule has 1 aliphatic rings. The van der Waals surface area contributed by atoms with Crippen molar-refractivity contribution in [2.75, 3.05) is 27.2 Å². The van der Waals surface area contributed by atoms with Crippen molar-refractivity contribution in [2.24, 2.45) is 0 Å². The Balaban J connectivity index is 1.67. The summed E-state index contributed by atoms with van der Waals surface area (Å²) in [4.78, 5) is 42.5. The standard InChI is InChI=1S/C25H26FN3O5/c1-16(20-8-5-13-34-20)27(2)25(32)23-19-9-10-28(24(31)17-6-4-7-18(26)14-17)11-12-29(19)22(30)15-21(23)33-3/h4-8,13-16H,9-12H2,1-3H3. The Morgan fingerprint density at radius 1 is 1.15 bits per heavy atom. The molecule has 0 radical (unpaired) electrons. The smallest absolute Gasteiger partial charge is 0.259 e. The molecular formula is C25H26FN3O5. The van der Waals surface area contributed by atoms with Crippen LogP contribution in [0.1, 0.15) is 45.1 Å². The van der Waals surface area contributed by atoms with E-state index >= 15 is 0 Å². The maximum absolute atomic E-state index is 13.6. The molecule has 0 aliphatic carbocycles. The molecule has 2 aromatic heterocycles. The van der Waals surface area contributed by atoms with Gasteiger partial charge in [0, 0.05) is 50.4 Å². The lowest BCUT2D eigenvalue weighted by Gasteiger charge is -2.26. The molecule has 1 unspecified atom stereocenters. The molecule has 1 atom stereocenters. The van der Waals surface area contributed by atoms with Crippen molar-refractivity contribution in [1.29, 1.82) is 0 Å². The Hall–Kier alpha value is -3.88. The highest BCUT2D eigenvalue weighted by atomic mass is 19.1. The van der Waals surface area contributed by atoms with Crippen LogP contribution < -0.4 is 10.3 Å². The molecule has 34 heavy (non-hydrogen) atoms. The van der Waals surface area contributed by atoms with E-state index in [1.165, 1.54) is 40.8 Å². The Bertz CT molecular complexity index is 1270. The van der Waals surface area contributed by atoms with E-state index < -0.39 is 5.82 Å². The van der Waals surface area contributed by atoms with Crippen LogP contribution >= 0.6 is 0 Å². The van der Waals surface area contributed by atoms with Crippen LogP contribution in [0.4, 0.5) is 4.39 Å². The van der Waals surface area contributed by atoms with Gasteiger partial charge in [0.1, 0.15) is 22.9 Å². The van der Waals surface area contributed by atoms with E-state index in [-0.39, 0.29) is 66.3 Å². The van der Waals surface area contributed by atoms with Gasteiger partial charge in [0.2, 0.25) is 0 Å². The Kier molecular flexibility index (Phi) is 6.54. The van der Waals surface area contributed by atoms with Crippen LogP contribution in [0.3, 0.4) is 0 Å². The van der Waals surface area contributed by atoms with Gasteiger partial charge in [-0.05, 0) is 37.3 Å². The second-order valence-electron chi connectivity index (χ2n) is 8.18. The molecule has 0 N–H and O–H groups in total. The van der Waals surface area contributed by atoms with Gasteiger partial charge in [0.15, 0.2) is 0 Å². The van der Waals surface area contributed by atoms with E-state index in [2.05, 4.69) is 0 Å². The number of nitrogens with zero attached hydrogens (tertiary/aromatic N) is 3. The van der Waals surface area contributed by atoms with Gasteiger partial charge in [-0.2, -0.15) is 0 Å². The third kappa shape index (κ3) is 4.33. The van der Waals surface area contributed by atoms with Gasteiger partial charge in [0.25, 0.3) is 17.4 Å². The van der Waals surface area contributed by atoms with Gasteiger partial charge in [-0.3, -0.25) is 14.4 Å². The van der Waals surface area contributed by atoms with Gasteiger partial charge in [-0.1, -0.05) is 6.07 Å². The molecule has 178 valence electrons. The highest BCUT2D eigenvalue weighted by Gasteiger charge is 2.30. The van der Waals surface area contributed by atoms with Gasteiger partial charge in [0.05, 0.1) is 19.4 Å². The lowest BCUT2D eigenvalue weighted by Crippen LogP contribution is -2.34. The van der Waals surface area contributed by atoms with Crippen LogP contribution in [-0.2, 0) is 13.0 Å². The van der Waals surface area contributed by atoms with E-state index in [9.17, 15) is 18.8 Å². The molecule has 1 aromatic carbocycles. The van der Waals surface area contributed by atoms with Crippen molar-refractivity contribution in [3.63, 3.8) is 0 Å². The van der Waals surface area contributed by atoms with Gasteiger partial charge in [-0.15, -0.1) is 0 Å². The number of ether oxygens (including phenoxy) is 1. The first-order valence-electron chi connectivity index (χ1n) is 11.0. The fraction of sp³-hybridized carbons (Fsp3) is 0.320. The third-order valence-electron chi connectivity index (χ3n) is 6.24. The number of carbonyl (C=O) groups excluding carboxylic acids is 2. The number of fused-ring (bicyclic) bond motifs is 1. The van der Waals surface area contributed by atoms with E-state index in [1.807, 2.05) is 6.92 Å². The molecule has 0 saturated carbocycles. The minimum atomic E-state index is -0.494. The first kappa shape index (κ1) is 23.3. The number of methoxy groups -OCH3 is 1. The number of halogens is 1. The number of amides is 2. The summed E-state index contributed by atoms with van der Waals surface area (Å²) in [5.41, 5.74) is 0.704. The van der Waals surface area contributed by atoms with Crippen LogP contribution in [0.2, 0.25) is 0 Å². The molecule has 8 nitrogen and oxygen atoms in total. The normalized spacial score (nSPS) is 14.2. The maximum atomic E-state index is 13.6. The first-order chi connectivity index (χ1) is 16.3. The summed E-state index contributed by atoms with van der Waals surface area (Å²) in [6, 6.07) is 9.99. The maximum Gasteiger partial charge on any atom is 0.259 e. The number of hydrogen-bond acceptors (Lipinski definition) is 5. The summed E-state index contributed by atoms with van der Waals surface area (Å²) in [5, 5.41) is 0. The van der Waals surface area contributed by atoms with Crippen molar-refractivity contribution < 1.29 is 23.1 Å². The quantitative estimate of drug-likeness (QED) is 0.576. The molecule has 2 amide bonds. The van der Waals surface area contributed by atoms with Gasteiger partial charge < -0.3 is 23.5 Å². The number of aromatic nitrogens is 1. The number of hydrogen-bond donors (Lipinski definition) is 0. The highest BCUT2D eigenvalue weighted by Crippen LogP contribution is 2.28. The number of furan rings is 1. The average Bonchev–Trinajstić information content (AvgIpc) is 3.28. The number of rotatable bonds is 5. The number of pyridine rings is 1. The lowest BCUT2D eigenvalue weighted by molar-refractivity contribution is 0.0720. The fourth-order valence-corrected chi connectivity index (χ4v) is 4.22. The van der Waals surface area contributed by atoms with E-state index in [0.29, 0.717) is 11.5 Å². The largest absolute Gasteiger partial charge is 0.496 e. The topological polar surface area (TPSA) is 85.0 Å². The van der Waals surface area contributed by atoms with Crippen molar-refractivity contribution >= 4 is 11.8 Å². The predicted octanol–water partition coefficient (Wildman–Crippen LogP) is 3.12. The molecule has 9 heteroatoms. The zero-order valence-corrected chi connectivity index (χ0v) is 19.3. The number of benzene rings is 1. The van der Waals surface area contributed by atoms with Crippen LogP contribution in [0.5, 0.6) is 5.75 Å².